The molecule has 0 bridgehead atoms. The summed E-state index contributed by atoms with van der Waals surface area (Å²) in [5, 5.41) is 10.6. The summed E-state index contributed by atoms with van der Waals surface area (Å²) in [6, 6.07) is 7.80. The van der Waals surface area contributed by atoms with Crippen molar-refractivity contribution >= 4 is 11.6 Å². The molecule has 1 aliphatic heterocycles. The van der Waals surface area contributed by atoms with Crippen LogP contribution in [-0.4, -0.2) is 14.7 Å². The van der Waals surface area contributed by atoms with Crippen LogP contribution in [0.1, 0.15) is 36.0 Å². The van der Waals surface area contributed by atoms with Gasteiger partial charge in [0.15, 0.2) is 0 Å². The lowest BCUT2D eigenvalue weighted by molar-refractivity contribution is 0.133. The molecule has 2 heterocycles. The summed E-state index contributed by atoms with van der Waals surface area (Å²) >= 11 is 5.86. The quantitative estimate of drug-likeness (QED) is 0.904. The summed E-state index contributed by atoms with van der Waals surface area (Å²) in [5.41, 5.74) is 2.19. The highest BCUT2D eigenvalue weighted by Gasteiger charge is 2.20. The average molecular weight is 263 g/mol. The van der Waals surface area contributed by atoms with Gasteiger partial charge in [0.1, 0.15) is 11.9 Å². The molecule has 1 atom stereocenters. The Morgan fingerprint density at radius 1 is 1.33 bits per heavy atom. The Hall–Kier alpha value is -1.32. The lowest BCUT2D eigenvalue weighted by Crippen LogP contribution is -2.14. The number of hydrogen-bond acceptors (Lipinski definition) is 2. The standard InChI is InChI=1S/C14H15ClN2O/c15-11-5-3-10(4-6-11)8-12-9-17-7-1-2-13(18)14(17)16-12/h3-6,9,13,18H,1-2,7-8H2. The summed E-state index contributed by atoms with van der Waals surface area (Å²) in [7, 11) is 0. The van der Waals surface area contributed by atoms with Crippen molar-refractivity contribution in [1.29, 1.82) is 0 Å². The Morgan fingerprint density at radius 3 is 2.83 bits per heavy atom. The summed E-state index contributed by atoms with van der Waals surface area (Å²) in [4.78, 5) is 4.53. The second-order valence-corrected chi connectivity index (χ2v) is 5.18. The highest BCUT2D eigenvalue weighted by Crippen LogP contribution is 2.24. The molecular formula is C14H15ClN2O. The predicted octanol–water partition coefficient (Wildman–Crippen LogP) is 2.95. The third kappa shape index (κ3) is 2.28. The second kappa shape index (κ2) is 4.75. The lowest BCUT2D eigenvalue weighted by atomic mass is 10.1. The van der Waals surface area contributed by atoms with E-state index in [1.807, 2.05) is 30.5 Å². The third-order valence-electron chi connectivity index (χ3n) is 3.33. The van der Waals surface area contributed by atoms with Crippen LogP contribution in [0.3, 0.4) is 0 Å². The van der Waals surface area contributed by atoms with Gasteiger partial charge in [-0.15, -0.1) is 0 Å². The zero-order valence-corrected chi connectivity index (χ0v) is 10.8. The zero-order chi connectivity index (χ0) is 12.5. The van der Waals surface area contributed by atoms with Crippen molar-refractivity contribution in [3.63, 3.8) is 0 Å². The summed E-state index contributed by atoms with van der Waals surface area (Å²) in [6.45, 7) is 0.958. The molecule has 0 fully saturated rings. The first kappa shape index (κ1) is 11.8. The van der Waals surface area contributed by atoms with Gasteiger partial charge >= 0.3 is 0 Å². The van der Waals surface area contributed by atoms with E-state index in [2.05, 4.69) is 9.55 Å². The maximum atomic E-state index is 9.88. The van der Waals surface area contributed by atoms with Crippen LogP contribution in [0, 0.1) is 0 Å². The van der Waals surface area contributed by atoms with Crippen molar-refractivity contribution in [2.75, 3.05) is 0 Å². The van der Waals surface area contributed by atoms with Crippen molar-refractivity contribution < 1.29 is 5.11 Å². The van der Waals surface area contributed by atoms with E-state index in [1.54, 1.807) is 0 Å². The van der Waals surface area contributed by atoms with Crippen LogP contribution in [0.15, 0.2) is 30.5 Å². The number of aliphatic hydroxyl groups excluding tert-OH is 1. The molecule has 94 valence electrons. The minimum atomic E-state index is -0.405. The van der Waals surface area contributed by atoms with Gasteiger partial charge in [-0.25, -0.2) is 4.98 Å². The van der Waals surface area contributed by atoms with Gasteiger partial charge in [0, 0.05) is 24.2 Å². The Morgan fingerprint density at radius 2 is 2.11 bits per heavy atom. The molecule has 0 spiro atoms. The van der Waals surface area contributed by atoms with Gasteiger partial charge in [0.25, 0.3) is 0 Å². The number of fused-ring (bicyclic) bond motifs is 1. The summed E-state index contributed by atoms with van der Waals surface area (Å²) in [5.74, 6) is 0.810. The topological polar surface area (TPSA) is 38.0 Å². The maximum absolute atomic E-state index is 9.88. The molecule has 1 N–H and O–H groups in total. The highest BCUT2D eigenvalue weighted by atomic mass is 35.5. The Balaban J connectivity index is 1.83. The number of imidazole rings is 1. The van der Waals surface area contributed by atoms with E-state index in [0.717, 1.165) is 42.3 Å². The van der Waals surface area contributed by atoms with Gasteiger partial charge < -0.3 is 9.67 Å². The molecule has 0 saturated carbocycles. The van der Waals surface area contributed by atoms with E-state index >= 15 is 0 Å². The van der Waals surface area contributed by atoms with Crippen LogP contribution < -0.4 is 0 Å². The fourth-order valence-electron chi connectivity index (χ4n) is 2.41. The normalized spacial score (nSPS) is 18.7. The molecule has 0 radical (unpaired) electrons. The van der Waals surface area contributed by atoms with Gasteiger partial charge in [0.05, 0.1) is 5.69 Å². The Kier molecular flexibility index (Phi) is 3.10. The summed E-state index contributed by atoms with van der Waals surface area (Å²) in [6.07, 6.45) is 4.26. The van der Waals surface area contributed by atoms with Gasteiger partial charge in [-0.05, 0) is 30.5 Å². The first-order valence-corrected chi connectivity index (χ1v) is 6.58. The second-order valence-electron chi connectivity index (χ2n) is 4.75. The van der Waals surface area contributed by atoms with E-state index in [1.165, 1.54) is 5.56 Å². The van der Waals surface area contributed by atoms with E-state index in [0.29, 0.717) is 0 Å². The fourth-order valence-corrected chi connectivity index (χ4v) is 2.54. The molecule has 3 nitrogen and oxygen atoms in total. The molecule has 1 unspecified atom stereocenters. The van der Waals surface area contributed by atoms with Gasteiger partial charge in [-0.2, -0.15) is 0 Å². The molecular weight excluding hydrogens is 248 g/mol. The molecule has 3 rings (SSSR count). The number of nitrogens with zero attached hydrogens (tertiary/aromatic N) is 2. The Labute approximate surface area is 111 Å². The highest BCUT2D eigenvalue weighted by molar-refractivity contribution is 6.30. The minimum Gasteiger partial charge on any atom is -0.385 e. The van der Waals surface area contributed by atoms with Gasteiger partial charge in [0.2, 0.25) is 0 Å². The molecule has 0 aliphatic carbocycles. The van der Waals surface area contributed by atoms with E-state index < -0.39 is 6.10 Å². The van der Waals surface area contributed by atoms with Crippen LogP contribution >= 0.6 is 11.6 Å². The fraction of sp³-hybridized carbons (Fsp3) is 0.357. The molecule has 0 saturated heterocycles. The van der Waals surface area contributed by atoms with E-state index in [4.69, 9.17) is 11.6 Å². The van der Waals surface area contributed by atoms with Crippen molar-refractivity contribution in [3.8, 4) is 0 Å². The number of aromatic nitrogens is 2. The van der Waals surface area contributed by atoms with Crippen LogP contribution in [-0.2, 0) is 13.0 Å². The number of aryl methyl sites for hydroxylation is 1. The lowest BCUT2D eigenvalue weighted by Gasteiger charge is -2.18. The Bertz CT molecular complexity index is 547. The zero-order valence-electron chi connectivity index (χ0n) is 10.0. The molecule has 1 aliphatic rings. The van der Waals surface area contributed by atoms with Crippen molar-refractivity contribution in [2.24, 2.45) is 0 Å². The summed E-state index contributed by atoms with van der Waals surface area (Å²) < 4.78 is 2.07. The monoisotopic (exact) mass is 262 g/mol. The smallest absolute Gasteiger partial charge is 0.137 e. The first-order valence-electron chi connectivity index (χ1n) is 6.21. The largest absolute Gasteiger partial charge is 0.385 e. The maximum Gasteiger partial charge on any atom is 0.137 e. The van der Waals surface area contributed by atoms with Crippen molar-refractivity contribution in [2.45, 2.75) is 31.9 Å². The van der Waals surface area contributed by atoms with E-state index in [-0.39, 0.29) is 0 Å². The van der Waals surface area contributed by atoms with Gasteiger partial charge in [-0.1, -0.05) is 23.7 Å². The minimum absolute atomic E-state index is 0.405. The molecule has 1 aromatic heterocycles. The number of halogens is 1. The molecule has 1 aromatic carbocycles. The third-order valence-corrected chi connectivity index (χ3v) is 3.58. The molecule has 4 heteroatoms. The molecule has 18 heavy (non-hydrogen) atoms. The number of rotatable bonds is 2. The predicted molar refractivity (Wildman–Crippen MR) is 70.7 cm³/mol. The number of benzene rings is 1. The van der Waals surface area contributed by atoms with Crippen molar-refractivity contribution in [1.82, 2.24) is 9.55 Å². The van der Waals surface area contributed by atoms with Crippen LogP contribution in [0.4, 0.5) is 0 Å². The number of aliphatic hydroxyl groups is 1. The average Bonchev–Trinajstić information content (AvgIpc) is 2.76. The first-order chi connectivity index (χ1) is 8.72. The molecule has 2 aromatic rings. The van der Waals surface area contributed by atoms with Gasteiger partial charge in [-0.3, -0.25) is 0 Å². The number of hydrogen-bond donors (Lipinski definition) is 1. The SMILES string of the molecule is OC1CCCn2cc(Cc3ccc(Cl)cc3)nc21. The van der Waals surface area contributed by atoms with E-state index in [9.17, 15) is 5.11 Å². The van der Waals surface area contributed by atoms with Crippen LogP contribution in [0.2, 0.25) is 5.02 Å². The van der Waals surface area contributed by atoms with Crippen LogP contribution in [0.25, 0.3) is 0 Å². The molecule has 0 amide bonds. The van der Waals surface area contributed by atoms with Crippen molar-refractivity contribution in [3.05, 3.63) is 52.6 Å². The van der Waals surface area contributed by atoms with Crippen LogP contribution in [0.5, 0.6) is 0 Å².